The molecule has 0 radical (unpaired) electrons. The molecule has 0 spiro atoms. The van der Waals surface area contributed by atoms with Crippen LogP contribution in [-0.4, -0.2) is 22.0 Å². The predicted molar refractivity (Wildman–Crippen MR) is 76.4 cm³/mol. The average Bonchev–Trinajstić information content (AvgIpc) is 2.91. The summed E-state index contributed by atoms with van der Waals surface area (Å²) in [5.41, 5.74) is 0.0485. The van der Waals surface area contributed by atoms with Crippen LogP contribution in [0.15, 0.2) is 23.6 Å². The number of carboxylic acid groups (broad SMARTS) is 1. The fraction of sp³-hybridized carbons (Fsp3) is 0.154. The van der Waals surface area contributed by atoms with Gasteiger partial charge in [-0.1, -0.05) is 11.6 Å². The number of aromatic carboxylic acids is 1. The maximum atomic E-state index is 13.3. The maximum Gasteiger partial charge on any atom is 0.355 e. The fourth-order valence-electron chi connectivity index (χ4n) is 1.56. The number of carbonyl (C=O) groups is 2. The SMILES string of the molecule is CC(NC(=O)c1ccc(Cl)c(F)c1)c1nc(C(=O)O)cs1. The minimum absolute atomic E-state index is 0.0642. The molecule has 0 aliphatic heterocycles. The van der Waals surface area contributed by atoms with Gasteiger partial charge in [0, 0.05) is 10.9 Å². The Morgan fingerprint density at radius 3 is 2.76 bits per heavy atom. The molecule has 2 aromatic rings. The van der Waals surface area contributed by atoms with Crippen LogP contribution < -0.4 is 5.32 Å². The van der Waals surface area contributed by atoms with Crippen LogP contribution in [0.2, 0.25) is 5.02 Å². The van der Waals surface area contributed by atoms with Crippen molar-refractivity contribution in [3.05, 3.63) is 50.7 Å². The first-order valence-electron chi connectivity index (χ1n) is 5.83. The molecule has 8 heteroatoms. The molecule has 0 fully saturated rings. The Morgan fingerprint density at radius 1 is 1.48 bits per heavy atom. The Labute approximate surface area is 128 Å². The van der Waals surface area contributed by atoms with E-state index in [2.05, 4.69) is 10.3 Å². The molecule has 2 rings (SSSR count). The number of hydrogen-bond acceptors (Lipinski definition) is 4. The molecule has 0 aliphatic rings. The van der Waals surface area contributed by atoms with Crippen LogP contribution in [0.1, 0.15) is 38.8 Å². The zero-order chi connectivity index (χ0) is 15.6. The van der Waals surface area contributed by atoms with Crippen molar-refractivity contribution in [1.29, 1.82) is 0 Å². The van der Waals surface area contributed by atoms with E-state index in [1.807, 2.05) is 0 Å². The Morgan fingerprint density at radius 2 is 2.19 bits per heavy atom. The summed E-state index contributed by atoms with van der Waals surface area (Å²) in [7, 11) is 0. The van der Waals surface area contributed by atoms with Crippen LogP contribution in [0.5, 0.6) is 0 Å². The first-order chi connectivity index (χ1) is 9.88. The third kappa shape index (κ3) is 3.56. The molecule has 2 N–H and O–H groups in total. The lowest BCUT2D eigenvalue weighted by Gasteiger charge is -2.11. The molecule has 1 aromatic carbocycles. The number of hydrogen-bond donors (Lipinski definition) is 2. The number of nitrogens with zero attached hydrogens (tertiary/aromatic N) is 1. The van der Waals surface area contributed by atoms with E-state index in [0.717, 1.165) is 17.4 Å². The lowest BCUT2D eigenvalue weighted by molar-refractivity contribution is 0.0691. The van der Waals surface area contributed by atoms with E-state index in [-0.39, 0.29) is 16.3 Å². The highest BCUT2D eigenvalue weighted by Gasteiger charge is 2.17. The first-order valence-corrected chi connectivity index (χ1v) is 7.09. The number of carbonyl (C=O) groups excluding carboxylic acids is 1. The monoisotopic (exact) mass is 328 g/mol. The molecule has 110 valence electrons. The number of rotatable bonds is 4. The largest absolute Gasteiger partial charge is 0.476 e. The van der Waals surface area contributed by atoms with Crippen molar-refractivity contribution < 1.29 is 19.1 Å². The number of halogens is 2. The molecule has 0 saturated heterocycles. The summed E-state index contributed by atoms with van der Waals surface area (Å²) in [5, 5.41) is 13.2. The van der Waals surface area contributed by atoms with Gasteiger partial charge in [-0.05, 0) is 25.1 Å². The summed E-state index contributed by atoms with van der Waals surface area (Å²) in [4.78, 5) is 26.6. The number of amides is 1. The molecule has 1 atom stereocenters. The van der Waals surface area contributed by atoms with Crippen LogP contribution in [0.3, 0.4) is 0 Å². The molecule has 1 unspecified atom stereocenters. The number of carboxylic acids is 1. The topological polar surface area (TPSA) is 79.3 Å². The standard InChI is InChI=1S/C13H10ClFN2O3S/c1-6(12-17-10(5-21-12)13(19)20)16-11(18)7-2-3-8(14)9(15)4-7/h2-6H,1H3,(H,16,18)(H,19,20). The minimum Gasteiger partial charge on any atom is -0.476 e. The van der Waals surface area contributed by atoms with Crippen molar-refractivity contribution in [1.82, 2.24) is 10.3 Å². The van der Waals surface area contributed by atoms with Crippen LogP contribution in [0.4, 0.5) is 4.39 Å². The highest BCUT2D eigenvalue weighted by molar-refractivity contribution is 7.09. The average molecular weight is 329 g/mol. The van der Waals surface area contributed by atoms with E-state index < -0.39 is 23.7 Å². The van der Waals surface area contributed by atoms with E-state index in [1.54, 1.807) is 6.92 Å². The lowest BCUT2D eigenvalue weighted by Crippen LogP contribution is -2.26. The summed E-state index contributed by atoms with van der Waals surface area (Å²) < 4.78 is 13.3. The zero-order valence-corrected chi connectivity index (χ0v) is 12.3. The molecule has 1 aromatic heterocycles. The highest BCUT2D eigenvalue weighted by Crippen LogP contribution is 2.20. The van der Waals surface area contributed by atoms with Crippen molar-refractivity contribution in [3.63, 3.8) is 0 Å². The van der Waals surface area contributed by atoms with Gasteiger partial charge in [0.1, 0.15) is 10.8 Å². The highest BCUT2D eigenvalue weighted by atomic mass is 35.5. The Balaban J connectivity index is 2.10. The van der Waals surface area contributed by atoms with Gasteiger partial charge >= 0.3 is 5.97 Å². The second kappa shape index (κ2) is 6.19. The lowest BCUT2D eigenvalue weighted by atomic mass is 10.2. The Hall–Kier alpha value is -1.99. The van der Waals surface area contributed by atoms with Gasteiger partial charge in [0.25, 0.3) is 5.91 Å². The van der Waals surface area contributed by atoms with Crippen molar-refractivity contribution in [2.75, 3.05) is 0 Å². The van der Waals surface area contributed by atoms with Crippen molar-refractivity contribution >= 4 is 34.8 Å². The van der Waals surface area contributed by atoms with Crippen LogP contribution in [0, 0.1) is 5.82 Å². The molecule has 0 bridgehead atoms. The predicted octanol–water partition coefficient (Wildman–Crippen LogP) is 3.12. The van der Waals surface area contributed by atoms with E-state index in [9.17, 15) is 14.0 Å². The van der Waals surface area contributed by atoms with E-state index in [0.29, 0.717) is 5.01 Å². The van der Waals surface area contributed by atoms with Crippen molar-refractivity contribution in [2.24, 2.45) is 0 Å². The molecule has 1 heterocycles. The summed E-state index contributed by atoms with van der Waals surface area (Å²) in [6.45, 7) is 1.66. The van der Waals surface area contributed by atoms with Gasteiger partial charge in [0.15, 0.2) is 5.69 Å². The van der Waals surface area contributed by atoms with Gasteiger partial charge in [0.2, 0.25) is 0 Å². The van der Waals surface area contributed by atoms with Gasteiger partial charge in [0.05, 0.1) is 11.1 Å². The summed E-state index contributed by atoms with van der Waals surface area (Å²) >= 11 is 6.68. The second-order valence-electron chi connectivity index (χ2n) is 4.20. The summed E-state index contributed by atoms with van der Waals surface area (Å²) in [6, 6.07) is 3.24. The zero-order valence-electron chi connectivity index (χ0n) is 10.8. The molecule has 0 saturated carbocycles. The fourth-order valence-corrected chi connectivity index (χ4v) is 2.48. The number of nitrogens with one attached hydrogen (secondary N) is 1. The van der Waals surface area contributed by atoms with Gasteiger partial charge < -0.3 is 10.4 Å². The van der Waals surface area contributed by atoms with E-state index in [4.69, 9.17) is 16.7 Å². The first kappa shape index (κ1) is 15.4. The second-order valence-corrected chi connectivity index (χ2v) is 5.50. The third-order valence-corrected chi connectivity index (χ3v) is 3.97. The Kier molecular flexibility index (Phi) is 4.54. The number of benzene rings is 1. The molecule has 0 aliphatic carbocycles. The molecule has 1 amide bonds. The molecular weight excluding hydrogens is 319 g/mol. The number of aromatic nitrogens is 1. The minimum atomic E-state index is -1.13. The summed E-state index contributed by atoms with van der Waals surface area (Å²) in [5.74, 6) is -2.31. The van der Waals surface area contributed by atoms with Crippen molar-refractivity contribution in [2.45, 2.75) is 13.0 Å². The van der Waals surface area contributed by atoms with E-state index in [1.165, 1.54) is 17.5 Å². The van der Waals surface area contributed by atoms with Crippen LogP contribution in [0.25, 0.3) is 0 Å². The van der Waals surface area contributed by atoms with Crippen LogP contribution >= 0.6 is 22.9 Å². The van der Waals surface area contributed by atoms with Gasteiger partial charge in [-0.15, -0.1) is 11.3 Å². The van der Waals surface area contributed by atoms with Crippen LogP contribution in [-0.2, 0) is 0 Å². The molecule has 5 nitrogen and oxygen atoms in total. The normalized spacial score (nSPS) is 12.0. The van der Waals surface area contributed by atoms with E-state index >= 15 is 0 Å². The van der Waals surface area contributed by atoms with Gasteiger partial charge in [-0.25, -0.2) is 14.2 Å². The van der Waals surface area contributed by atoms with Gasteiger partial charge in [-0.2, -0.15) is 0 Å². The maximum absolute atomic E-state index is 13.3. The summed E-state index contributed by atoms with van der Waals surface area (Å²) in [6.07, 6.45) is 0. The smallest absolute Gasteiger partial charge is 0.355 e. The molecule has 21 heavy (non-hydrogen) atoms. The van der Waals surface area contributed by atoms with Crippen molar-refractivity contribution in [3.8, 4) is 0 Å². The molecular formula is C13H10ClFN2O3S. The van der Waals surface area contributed by atoms with Gasteiger partial charge in [-0.3, -0.25) is 4.79 Å². The third-order valence-electron chi connectivity index (χ3n) is 2.64. The Bertz CT molecular complexity index is 704. The quantitative estimate of drug-likeness (QED) is 0.903. The number of thiazole rings is 1.